The first-order valence-electron chi connectivity index (χ1n) is 6.72. The van der Waals surface area contributed by atoms with Gasteiger partial charge in [-0.15, -0.1) is 0 Å². The van der Waals surface area contributed by atoms with Crippen LogP contribution >= 0.6 is 0 Å². The Morgan fingerprint density at radius 2 is 2.00 bits per heavy atom. The summed E-state index contributed by atoms with van der Waals surface area (Å²) in [5.74, 6) is 0.603. The van der Waals surface area contributed by atoms with Crippen LogP contribution in [0.3, 0.4) is 0 Å². The minimum atomic E-state index is 0.0146. The van der Waals surface area contributed by atoms with E-state index in [1.165, 1.54) is 25.7 Å². The Hall–Kier alpha value is -1.52. The number of aryl methyl sites for hydroxylation is 1. The van der Waals surface area contributed by atoms with Gasteiger partial charge in [-0.1, -0.05) is 39.0 Å². The molecule has 102 valence electrons. The molecule has 0 aliphatic rings. The van der Waals surface area contributed by atoms with Gasteiger partial charge in [0.1, 0.15) is 0 Å². The molecule has 0 atom stereocenters. The summed E-state index contributed by atoms with van der Waals surface area (Å²) in [6.07, 6.45) is 9.18. The number of nitrogens with two attached hydrogens (primary N) is 1. The molecule has 5 nitrogen and oxygen atoms in total. The summed E-state index contributed by atoms with van der Waals surface area (Å²) in [5.41, 5.74) is 6.21. The highest BCUT2D eigenvalue weighted by Gasteiger charge is 2.08. The van der Waals surface area contributed by atoms with Crippen LogP contribution < -0.4 is 11.1 Å². The molecule has 0 bridgehead atoms. The second-order valence-corrected chi connectivity index (χ2v) is 4.64. The average molecular weight is 252 g/mol. The first-order chi connectivity index (χ1) is 8.65. The quantitative estimate of drug-likeness (QED) is 0.699. The van der Waals surface area contributed by atoms with Crippen molar-refractivity contribution in [2.45, 2.75) is 51.9 Å². The van der Waals surface area contributed by atoms with Gasteiger partial charge in [0.05, 0.1) is 11.9 Å². The molecule has 0 radical (unpaired) electrons. The predicted molar refractivity (Wildman–Crippen MR) is 74.2 cm³/mol. The Morgan fingerprint density at radius 1 is 1.33 bits per heavy atom. The highest BCUT2D eigenvalue weighted by atomic mass is 16.1. The molecule has 0 saturated carbocycles. The molecule has 5 heteroatoms. The van der Waals surface area contributed by atoms with Crippen LogP contribution in [0, 0.1) is 0 Å². The molecule has 1 amide bonds. The van der Waals surface area contributed by atoms with Gasteiger partial charge >= 0.3 is 0 Å². The number of carbonyl (C=O) groups is 1. The first-order valence-corrected chi connectivity index (χ1v) is 6.72. The van der Waals surface area contributed by atoms with E-state index in [4.69, 9.17) is 5.73 Å². The zero-order chi connectivity index (χ0) is 13.4. The van der Waals surface area contributed by atoms with Crippen LogP contribution in [0.15, 0.2) is 6.20 Å². The largest absolute Gasteiger partial charge is 0.394 e. The van der Waals surface area contributed by atoms with E-state index in [0.29, 0.717) is 17.9 Å². The fourth-order valence-corrected chi connectivity index (χ4v) is 1.87. The smallest absolute Gasteiger partial charge is 0.225 e. The number of nitrogen functional groups attached to an aromatic ring is 1. The SMILES string of the molecule is CCCCCCCCC(=O)Nc1c(N)cnn1C. The van der Waals surface area contributed by atoms with E-state index in [1.807, 2.05) is 0 Å². The van der Waals surface area contributed by atoms with Crippen LogP contribution in [0.1, 0.15) is 51.9 Å². The number of hydrogen-bond acceptors (Lipinski definition) is 3. The van der Waals surface area contributed by atoms with Crippen molar-refractivity contribution in [3.05, 3.63) is 6.20 Å². The normalized spacial score (nSPS) is 10.6. The summed E-state index contributed by atoms with van der Waals surface area (Å²) >= 11 is 0. The van der Waals surface area contributed by atoms with Crippen molar-refractivity contribution in [1.82, 2.24) is 9.78 Å². The van der Waals surface area contributed by atoms with Gasteiger partial charge in [-0.25, -0.2) is 0 Å². The summed E-state index contributed by atoms with van der Waals surface area (Å²) in [7, 11) is 1.76. The second kappa shape index (κ2) is 7.74. The lowest BCUT2D eigenvalue weighted by Gasteiger charge is -2.06. The Balaban J connectivity index is 2.18. The molecule has 0 aliphatic carbocycles. The third-order valence-electron chi connectivity index (χ3n) is 2.98. The molecule has 1 aromatic rings. The van der Waals surface area contributed by atoms with Gasteiger partial charge in [-0.2, -0.15) is 5.10 Å². The van der Waals surface area contributed by atoms with Crippen molar-refractivity contribution < 1.29 is 4.79 Å². The summed E-state index contributed by atoms with van der Waals surface area (Å²) in [6.45, 7) is 2.20. The molecular weight excluding hydrogens is 228 g/mol. The first kappa shape index (κ1) is 14.5. The summed E-state index contributed by atoms with van der Waals surface area (Å²) in [4.78, 5) is 11.7. The van der Waals surface area contributed by atoms with E-state index < -0.39 is 0 Å². The van der Waals surface area contributed by atoms with Gasteiger partial charge in [0, 0.05) is 13.5 Å². The molecule has 0 unspecified atom stereocenters. The zero-order valence-electron chi connectivity index (χ0n) is 11.4. The van der Waals surface area contributed by atoms with Crippen molar-refractivity contribution in [2.24, 2.45) is 7.05 Å². The van der Waals surface area contributed by atoms with E-state index in [2.05, 4.69) is 17.3 Å². The molecule has 3 N–H and O–H groups in total. The number of amides is 1. The van der Waals surface area contributed by atoms with Crippen molar-refractivity contribution in [1.29, 1.82) is 0 Å². The number of unbranched alkanes of at least 4 members (excludes halogenated alkanes) is 5. The van der Waals surface area contributed by atoms with Gasteiger partial charge < -0.3 is 11.1 Å². The zero-order valence-corrected chi connectivity index (χ0v) is 11.4. The molecular formula is C13H24N4O. The van der Waals surface area contributed by atoms with Crippen LogP contribution in [0.2, 0.25) is 0 Å². The summed E-state index contributed by atoms with van der Waals surface area (Å²) < 4.78 is 1.58. The molecule has 1 rings (SSSR count). The van der Waals surface area contributed by atoms with Crippen molar-refractivity contribution >= 4 is 17.4 Å². The van der Waals surface area contributed by atoms with Crippen molar-refractivity contribution in [2.75, 3.05) is 11.1 Å². The third-order valence-corrected chi connectivity index (χ3v) is 2.98. The Kier molecular flexibility index (Phi) is 6.25. The second-order valence-electron chi connectivity index (χ2n) is 4.64. The minimum Gasteiger partial charge on any atom is -0.394 e. The number of anilines is 2. The maximum absolute atomic E-state index is 11.7. The molecule has 18 heavy (non-hydrogen) atoms. The highest BCUT2D eigenvalue weighted by Crippen LogP contribution is 2.16. The van der Waals surface area contributed by atoms with E-state index in [0.717, 1.165) is 12.8 Å². The molecule has 1 aromatic heterocycles. The third kappa shape index (κ3) is 4.77. The van der Waals surface area contributed by atoms with Crippen LogP contribution in [-0.4, -0.2) is 15.7 Å². The van der Waals surface area contributed by atoms with Crippen LogP contribution in [0.5, 0.6) is 0 Å². The summed E-state index contributed by atoms with van der Waals surface area (Å²) in [5, 5.41) is 6.77. The highest BCUT2D eigenvalue weighted by molar-refractivity contribution is 5.92. The van der Waals surface area contributed by atoms with Crippen LogP contribution in [0.4, 0.5) is 11.5 Å². The fraction of sp³-hybridized carbons (Fsp3) is 0.692. The molecule has 0 fully saturated rings. The van der Waals surface area contributed by atoms with Crippen LogP contribution in [0.25, 0.3) is 0 Å². The topological polar surface area (TPSA) is 72.9 Å². The predicted octanol–water partition coefficient (Wildman–Crippen LogP) is 2.69. The molecule has 1 heterocycles. The number of carbonyl (C=O) groups excluding carboxylic acids is 1. The van der Waals surface area contributed by atoms with Gasteiger partial charge in [-0.05, 0) is 6.42 Å². The van der Waals surface area contributed by atoms with E-state index >= 15 is 0 Å². The monoisotopic (exact) mass is 252 g/mol. The van der Waals surface area contributed by atoms with E-state index in [-0.39, 0.29) is 5.91 Å². The Labute approximate surface area is 109 Å². The maximum atomic E-state index is 11.7. The molecule has 0 aliphatic heterocycles. The fourth-order valence-electron chi connectivity index (χ4n) is 1.87. The number of nitrogens with one attached hydrogen (secondary N) is 1. The average Bonchev–Trinajstić information content (AvgIpc) is 2.65. The minimum absolute atomic E-state index is 0.0146. The van der Waals surface area contributed by atoms with Gasteiger partial charge in [0.15, 0.2) is 5.82 Å². The number of rotatable bonds is 8. The van der Waals surface area contributed by atoms with Gasteiger partial charge in [0.25, 0.3) is 0 Å². The number of hydrogen-bond donors (Lipinski definition) is 2. The van der Waals surface area contributed by atoms with Gasteiger partial charge in [-0.3, -0.25) is 9.48 Å². The molecule has 0 spiro atoms. The Bertz CT molecular complexity index is 354. The molecule has 0 saturated heterocycles. The number of aromatic nitrogens is 2. The maximum Gasteiger partial charge on any atom is 0.225 e. The van der Waals surface area contributed by atoms with E-state index in [1.54, 1.807) is 17.9 Å². The summed E-state index contributed by atoms with van der Waals surface area (Å²) in [6, 6.07) is 0. The lowest BCUT2D eigenvalue weighted by atomic mass is 10.1. The Morgan fingerprint density at radius 3 is 2.61 bits per heavy atom. The standard InChI is InChI=1S/C13H24N4O/c1-3-4-5-6-7-8-9-12(18)16-13-11(14)10-15-17(13)2/h10H,3-9,14H2,1-2H3,(H,16,18). The van der Waals surface area contributed by atoms with Crippen LogP contribution in [-0.2, 0) is 11.8 Å². The van der Waals surface area contributed by atoms with Crippen molar-refractivity contribution in [3.8, 4) is 0 Å². The van der Waals surface area contributed by atoms with Crippen molar-refractivity contribution in [3.63, 3.8) is 0 Å². The lowest BCUT2D eigenvalue weighted by Crippen LogP contribution is -2.15. The lowest BCUT2D eigenvalue weighted by molar-refractivity contribution is -0.116. The number of nitrogens with zero attached hydrogens (tertiary/aromatic N) is 2. The van der Waals surface area contributed by atoms with Gasteiger partial charge in [0.2, 0.25) is 5.91 Å². The van der Waals surface area contributed by atoms with E-state index in [9.17, 15) is 4.79 Å². The molecule has 0 aromatic carbocycles.